The summed E-state index contributed by atoms with van der Waals surface area (Å²) in [5, 5.41) is 18.0. The molecule has 4 N–H and O–H groups in total. The number of hydrogen-bond donors (Lipinski definition) is 4. The van der Waals surface area contributed by atoms with Crippen molar-refractivity contribution in [3.05, 3.63) is 0 Å². The Bertz CT molecular complexity index is 154. The van der Waals surface area contributed by atoms with Crippen LogP contribution in [0.25, 0.3) is 0 Å². The largest absolute Gasteiger partial charge is 0.481 e. The van der Waals surface area contributed by atoms with Crippen LogP contribution < -0.4 is 16.0 Å². The van der Waals surface area contributed by atoms with E-state index in [-0.39, 0.29) is 6.42 Å². The number of carbonyl (C=O) groups is 1. The molecule has 0 saturated heterocycles. The Kier molecular flexibility index (Phi) is 10.9. The van der Waals surface area contributed by atoms with Crippen LogP contribution in [0.1, 0.15) is 19.8 Å². The summed E-state index contributed by atoms with van der Waals surface area (Å²) in [5.41, 5.74) is 0. The lowest BCUT2D eigenvalue weighted by atomic mass is 10.4. The molecule has 0 spiro atoms. The summed E-state index contributed by atoms with van der Waals surface area (Å²) in [7, 11) is 0. The van der Waals surface area contributed by atoms with Crippen molar-refractivity contribution in [1.29, 1.82) is 0 Å². The van der Waals surface area contributed by atoms with Gasteiger partial charge in [0.2, 0.25) is 0 Å². The lowest BCUT2D eigenvalue weighted by molar-refractivity contribution is -0.136. The van der Waals surface area contributed by atoms with Gasteiger partial charge in [-0.3, -0.25) is 4.79 Å². The molecule has 0 atom stereocenters. The Morgan fingerprint density at radius 1 is 0.933 bits per heavy atom. The van der Waals surface area contributed by atoms with Crippen LogP contribution in [0.15, 0.2) is 0 Å². The zero-order chi connectivity index (χ0) is 11.4. The number of carboxylic acids is 1. The molecule has 15 heavy (non-hydrogen) atoms. The highest BCUT2D eigenvalue weighted by Gasteiger charge is 1.94. The third kappa shape index (κ3) is 13.3. The normalized spacial score (nSPS) is 10.5. The Hall–Kier alpha value is -0.650. The number of nitrogens with one attached hydrogen (secondary N) is 3. The van der Waals surface area contributed by atoms with Crippen LogP contribution >= 0.6 is 0 Å². The molecule has 0 bridgehead atoms. The van der Waals surface area contributed by atoms with E-state index in [1.54, 1.807) is 0 Å². The lowest BCUT2D eigenvalue weighted by Gasteiger charge is -2.06. The first-order valence-corrected chi connectivity index (χ1v) is 5.61. The molecule has 0 radical (unpaired) electrons. The van der Waals surface area contributed by atoms with E-state index in [0.717, 1.165) is 39.1 Å². The van der Waals surface area contributed by atoms with Gasteiger partial charge in [0, 0.05) is 32.7 Å². The Morgan fingerprint density at radius 3 is 1.87 bits per heavy atom. The van der Waals surface area contributed by atoms with Gasteiger partial charge >= 0.3 is 5.97 Å². The van der Waals surface area contributed by atoms with Crippen molar-refractivity contribution in [2.24, 2.45) is 0 Å². The summed E-state index contributed by atoms with van der Waals surface area (Å²) in [4.78, 5) is 10.2. The molecule has 0 aromatic carbocycles. The fraction of sp³-hybridized carbons (Fsp3) is 0.900. The molecular weight excluding hydrogens is 194 g/mol. The van der Waals surface area contributed by atoms with Crippen molar-refractivity contribution in [2.75, 3.05) is 39.3 Å². The predicted molar refractivity (Wildman–Crippen MR) is 61.2 cm³/mol. The molecule has 0 aromatic rings. The van der Waals surface area contributed by atoms with E-state index in [0.29, 0.717) is 6.54 Å². The molecule has 0 saturated carbocycles. The topological polar surface area (TPSA) is 73.4 Å². The maximum atomic E-state index is 10.2. The van der Waals surface area contributed by atoms with E-state index >= 15 is 0 Å². The molecule has 0 amide bonds. The highest BCUT2D eigenvalue weighted by atomic mass is 16.4. The van der Waals surface area contributed by atoms with E-state index < -0.39 is 5.97 Å². The van der Waals surface area contributed by atoms with Crippen molar-refractivity contribution >= 4 is 5.97 Å². The average molecular weight is 217 g/mol. The molecule has 5 nitrogen and oxygen atoms in total. The van der Waals surface area contributed by atoms with E-state index in [1.807, 2.05) is 0 Å². The lowest BCUT2D eigenvalue weighted by Crippen LogP contribution is -2.33. The van der Waals surface area contributed by atoms with Crippen LogP contribution in [-0.2, 0) is 4.79 Å². The summed E-state index contributed by atoms with van der Waals surface area (Å²) < 4.78 is 0. The van der Waals surface area contributed by atoms with Crippen LogP contribution in [0.4, 0.5) is 0 Å². The van der Waals surface area contributed by atoms with Crippen LogP contribution in [0, 0.1) is 0 Å². The Morgan fingerprint density at radius 2 is 1.40 bits per heavy atom. The predicted octanol–water partition coefficient (Wildman–Crippen LogP) is -0.360. The zero-order valence-corrected chi connectivity index (χ0v) is 9.51. The maximum absolute atomic E-state index is 10.2. The first-order valence-electron chi connectivity index (χ1n) is 5.61. The standard InChI is InChI=1S/C10H23N3O2/c1-2-4-11-6-8-13-9-7-12-5-3-10(14)15/h11-13H,2-9H2,1H3,(H,14,15). The molecule has 0 aromatic heterocycles. The van der Waals surface area contributed by atoms with E-state index in [2.05, 4.69) is 22.9 Å². The van der Waals surface area contributed by atoms with Crippen molar-refractivity contribution in [3.63, 3.8) is 0 Å². The van der Waals surface area contributed by atoms with Gasteiger partial charge in [-0.15, -0.1) is 0 Å². The molecule has 0 aliphatic carbocycles. The second-order valence-electron chi connectivity index (χ2n) is 3.39. The summed E-state index contributed by atoms with van der Waals surface area (Å²) in [6, 6.07) is 0. The van der Waals surface area contributed by atoms with Crippen molar-refractivity contribution in [1.82, 2.24) is 16.0 Å². The highest BCUT2D eigenvalue weighted by Crippen LogP contribution is 1.73. The summed E-state index contributed by atoms with van der Waals surface area (Å²) >= 11 is 0. The smallest absolute Gasteiger partial charge is 0.304 e. The Balaban J connectivity index is 2.89. The van der Waals surface area contributed by atoms with Gasteiger partial charge in [-0.1, -0.05) is 6.92 Å². The molecule has 0 fully saturated rings. The molecule has 0 unspecified atom stereocenters. The van der Waals surface area contributed by atoms with Crippen molar-refractivity contribution in [3.8, 4) is 0 Å². The molecular formula is C10H23N3O2. The first-order chi connectivity index (χ1) is 7.27. The minimum atomic E-state index is -0.751. The molecule has 90 valence electrons. The molecule has 0 aliphatic rings. The highest BCUT2D eigenvalue weighted by molar-refractivity contribution is 5.66. The zero-order valence-electron chi connectivity index (χ0n) is 9.51. The van der Waals surface area contributed by atoms with Gasteiger partial charge in [0.05, 0.1) is 6.42 Å². The first kappa shape index (κ1) is 14.3. The fourth-order valence-corrected chi connectivity index (χ4v) is 1.10. The van der Waals surface area contributed by atoms with Gasteiger partial charge in [-0.2, -0.15) is 0 Å². The molecule has 0 aliphatic heterocycles. The molecule has 5 heteroatoms. The minimum absolute atomic E-state index is 0.193. The van der Waals surface area contributed by atoms with Crippen molar-refractivity contribution in [2.45, 2.75) is 19.8 Å². The number of carboxylic acid groups (broad SMARTS) is 1. The van der Waals surface area contributed by atoms with E-state index in [9.17, 15) is 4.79 Å². The SMILES string of the molecule is CCCNCCNCCNCCC(=O)O. The van der Waals surface area contributed by atoms with E-state index in [4.69, 9.17) is 5.11 Å². The van der Waals surface area contributed by atoms with Crippen LogP contribution in [0.3, 0.4) is 0 Å². The molecule has 0 heterocycles. The van der Waals surface area contributed by atoms with Gasteiger partial charge in [0.1, 0.15) is 0 Å². The second kappa shape index (κ2) is 11.4. The number of hydrogen-bond acceptors (Lipinski definition) is 4. The summed E-state index contributed by atoms with van der Waals surface area (Å²) in [6.07, 6.45) is 1.36. The Labute approximate surface area is 91.6 Å². The molecule has 0 rings (SSSR count). The summed E-state index contributed by atoms with van der Waals surface area (Å²) in [5.74, 6) is -0.751. The van der Waals surface area contributed by atoms with E-state index in [1.165, 1.54) is 0 Å². The van der Waals surface area contributed by atoms with Crippen LogP contribution in [0.5, 0.6) is 0 Å². The average Bonchev–Trinajstić information content (AvgIpc) is 2.20. The quantitative estimate of drug-likeness (QED) is 0.356. The van der Waals surface area contributed by atoms with Gasteiger partial charge in [0.15, 0.2) is 0 Å². The monoisotopic (exact) mass is 217 g/mol. The van der Waals surface area contributed by atoms with Crippen LogP contribution in [-0.4, -0.2) is 50.3 Å². The van der Waals surface area contributed by atoms with Gasteiger partial charge in [0.25, 0.3) is 0 Å². The van der Waals surface area contributed by atoms with Gasteiger partial charge in [-0.25, -0.2) is 0 Å². The fourth-order valence-electron chi connectivity index (χ4n) is 1.10. The number of rotatable bonds is 11. The second-order valence-corrected chi connectivity index (χ2v) is 3.39. The van der Waals surface area contributed by atoms with Gasteiger partial charge in [-0.05, 0) is 13.0 Å². The third-order valence-electron chi connectivity index (χ3n) is 1.90. The van der Waals surface area contributed by atoms with Crippen LogP contribution in [0.2, 0.25) is 0 Å². The summed E-state index contributed by atoms with van der Waals surface area (Å²) in [6.45, 7) is 7.41. The third-order valence-corrected chi connectivity index (χ3v) is 1.90. The maximum Gasteiger partial charge on any atom is 0.304 e. The van der Waals surface area contributed by atoms with Crippen molar-refractivity contribution < 1.29 is 9.90 Å². The number of aliphatic carboxylic acids is 1. The minimum Gasteiger partial charge on any atom is -0.481 e. The van der Waals surface area contributed by atoms with Gasteiger partial charge < -0.3 is 21.1 Å².